The lowest BCUT2D eigenvalue weighted by atomic mass is 9.59. The summed E-state index contributed by atoms with van der Waals surface area (Å²) >= 11 is 0. The van der Waals surface area contributed by atoms with Crippen LogP contribution in [0.1, 0.15) is 38.9 Å². The van der Waals surface area contributed by atoms with Gasteiger partial charge in [-0.05, 0) is 71.9 Å². The van der Waals surface area contributed by atoms with Crippen LogP contribution >= 0.6 is 0 Å². The highest BCUT2D eigenvalue weighted by Crippen LogP contribution is 2.74. The molecule has 224 valence electrons. The molecule has 0 spiro atoms. The summed E-state index contributed by atoms with van der Waals surface area (Å²) in [6, 6.07) is 43.3. The van der Waals surface area contributed by atoms with Gasteiger partial charge in [0.1, 0.15) is 0 Å². The molecule has 4 heteroatoms. The second kappa shape index (κ2) is 10.1. The van der Waals surface area contributed by atoms with Crippen LogP contribution in [-0.4, -0.2) is 17.6 Å². The van der Waals surface area contributed by atoms with Gasteiger partial charge in [-0.1, -0.05) is 132 Å². The molecule has 2 amide bonds. The van der Waals surface area contributed by atoms with Gasteiger partial charge in [0.15, 0.2) is 5.78 Å². The quantitative estimate of drug-likeness (QED) is 0.194. The first-order valence-electron chi connectivity index (χ1n) is 15.8. The zero-order chi connectivity index (χ0) is 31.8. The minimum atomic E-state index is -1.40. The van der Waals surface area contributed by atoms with Crippen molar-refractivity contribution in [2.24, 2.45) is 11.8 Å². The standard InChI is InChI=1S/C42H33NO3/c1-26-17-21-29(22-18-26)34-35(30-23-19-27(2)20-24-30)42(32-14-8-5-9-15-32)37-36(41(34,40(42)46)31-12-6-4-7-13-31)38(44)43(39(37)45)33-16-10-11-28(3)25-33/h4-25,36-37H,1-3H3/t36-,37-,41-,42-/m1/s1. The molecule has 46 heavy (non-hydrogen) atoms. The first-order valence-corrected chi connectivity index (χ1v) is 15.8. The molecule has 2 fully saturated rings. The number of aryl methyl sites for hydroxylation is 3. The smallest absolute Gasteiger partial charge is 0.239 e. The highest BCUT2D eigenvalue weighted by molar-refractivity contribution is 6.39. The second-order valence-electron chi connectivity index (χ2n) is 13.0. The van der Waals surface area contributed by atoms with Crippen molar-refractivity contribution in [3.63, 3.8) is 0 Å². The molecule has 1 saturated carbocycles. The van der Waals surface area contributed by atoms with Gasteiger partial charge in [0.05, 0.1) is 28.4 Å². The second-order valence-corrected chi connectivity index (χ2v) is 13.0. The molecule has 2 aliphatic carbocycles. The van der Waals surface area contributed by atoms with E-state index in [4.69, 9.17) is 0 Å². The van der Waals surface area contributed by atoms with Crippen molar-refractivity contribution in [3.05, 3.63) is 172 Å². The molecule has 4 nitrogen and oxygen atoms in total. The molecule has 3 aliphatic rings. The molecule has 5 aromatic rings. The Morgan fingerprint density at radius 2 is 0.913 bits per heavy atom. The number of allylic oxidation sites excluding steroid dienone is 2. The van der Waals surface area contributed by atoms with Crippen LogP contribution in [0.15, 0.2) is 133 Å². The number of hydrogen-bond donors (Lipinski definition) is 0. The van der Waals surface area contributed by atoms with Gasteiger partial charge in [-0.2, -0.15) is 0 Å². The number of hydrogen-bond acceptors (Lipinski definition) is 3. The van der Waals surface area contributed by atoms with Gasteiger partial charge in [0.2, 0.25) is 11.8 Å². The summed E-state index contributed by atoms with van der Waals surface area (Å²) < 4.78 is 0. The van der Waals surface area contributed by atoms with E-state index in [9.17, 15) is 0 Å². The van der Waals surface area contributed by atoms with Crippen LogP contribution in [0, 0.1) is 32.6 Å². The minimum Gasteiger partial charge on any atom is -0.297 e. The van der Waals surface area contributed by atoms with E-state index in [1.54, 1.807) is 0 Å². The molecule has 5 aromatic carbocycles. The number of fused-ring (bicyclic) bond motifs is 5. The van der Waals surface area contributed by atoms with Crippen LogP contribution in [0.4, 0.5) is 5.69 Å². The summed E-state index contributed by atoms with van der Waals surface area (Å²) in [5.41, 5.74) is 5.72. The van der Waals surface area contributed by atoms with Gasteiger partial charge >= 0.3 is 0 Å². The van der Waals surface area contributed by atoms with E-state index in [0.29, 0.717) is 5.69 Å². The molecule has 4 atom stereocenters. The number of rotatable bonds is 5. The van der Waals surface area contributed by atoms with E-state index >= 15 is 14.4 Å². The topological polar surface area (TPSA) is 54.5 Å². The Kier molecular flexibility index (Phi) is 6.17. The molecular weight excluding hydrogens is 566 g/mol. The van der Waals surface area contributed by atoms with Crippen LogP contribution in [0.3, 0.4) is 0 Å². The number of anilines is 1. The molecule has 0 N–H and O–H groups in total. The van der Waals surface area contributed by atoms with E-state index in [1.165, 1.54) is 4.90 Å². The maximum absolute atomic E-state index is 16.0. The predicted molar refractivity (Wildman–Crippen MR) is 181 cm³/mol. The lowest BCUT2D eigenvalue weighted by molar-refractivity contribution is -0.130. The van der Waals surface area contributed by atoms with E-state index in [1.807, 2.05) is 106 Å². The van der Waals surface area contributed by atoms with E-state index in [0.717, 1.165) is 50.1 Å². The third kappa shape index (κ3) is 3.53. The molecule has 2 bridgehead atoms. The summed E-state index contributed by atoms with van der Waals surface area (Å²) in [6.07, 6.45) is 0. The Balaban J connectivity index is 1.56. The Hall–Kier alpha value is -5.35. The van der Waals surface area contributed by atoms with Gasteiger partial charge in [-0.25, -0.2) is 4.90 Å². The van der Waals surface area contributed by atoms with Crippen molar-refractivity contribution in [3.8, 4) is 0 Å². The van der Waals surface area contributed by atoms with Gasteiger partial charge in [-0.15, -0.1) is 0 Å². The maximum atomic E-state index is 16.0. The monoisotopic (exact) mass is 599 g/mol. The Bertz CT molecular complexity index is 1950. The minimum absolute atomic E-state index is 0.107. The number of carbonyl (C=O) groups excluding carboxylic acids is 3. The largest absolute Gasteiger partial charge is 0.297 e. The molecule has 1 aliphatic heterocycles. The Morgan fingerprint density at radius 1 is 0.478 bits per heavy atom. The molecule has 0 aromatic heterocycles. The number of Topliss-reactive ketones (excluding diaryl/α,β-unsaturated/α-hetero) is 1. The predicted octanol–water partition coefficient (Wildman–Crippen LogP) is 7.80. The molecule has 1 saturated heterocycles. The third-order valence-electron chi connectivity index (χ3n) is 10.4. The fourth-order valence-corrected chi connectivity index (χ4v) is 8.59. The third-order valence-corrected chi connectivity index (χ3v) is 10.4. The number of ketones is 1. The zero-order valence-electron chi connectivity index (χ0n) is 26.0. The van der Waals surface area contributed by atoms with Crippen LogP contribution in [0.2, 0.25) is 0 Å². The number of nitrogens with zero attached hydrogens (tertiary/aromatic N) is 1. The van der Waals surface area contributed by atoms with E-state index in [2.05, 4.69) is 48.5 Å². The SMILES string of the molecule is Cc1ccc(C2=C(c3ccc(C)cc3)[C@@]3(c4ccccc4)C(=O)[C@@]2(c2ccccc2)[C@H]2C(=O)N(c4cccc(C)c4)C(=O)[C@@H]23)cc1. The zero-order valence-corrected chi connectivity index (χ0v) is 26.0. The Labute approximate surface area is 269 Å². The molecule has 8 rings (SSSR count). The lowest BCUT2D eigenvalue weighted by Crippen LogP contribution is -2.45. The summed E-state index contributed by atoms with van der Waals surface area (Å²) in [5, 5.41) is 0. The first kappa shape index (κ1) is 28.1. The van der Waals surface area contributed by atoms with Crippen LogP contribution < -0.4 is 4.90 Å². The summed E-state index contributed by atoms with van der Waals surface area (Å²) in [4.78, 5) is 47.4. The average molecular weight is 600 g/mol. The highest BCUT2D eigenvalue weighted by Gasteiger charge is 2.82. The number of amides is 2. The molecule has 0 unspecified atom stereocenters. The number of carbonyl (C=O) groups is 3. The summed E-state index contributed by atoms with van der Waals surface area (Å²) in [7, 11) is 0. The average Bonchev–Trinajstić information content (AvgIpc) is 3.58. The van der Waals surface area contributed by atoms with Crippen LogP contribution in [0.5, 0.6) is 0 Å². The highest BCUT2D eigenvalue weighted by atomic mass is 16.2. The van der Waals surface area contributed by atoms with Gasteiger partial charge in [-0.3, -0.25) is 14.4 Å². The summed E-state index contributed by atoms with van der Waals surface area (Å²) in [5.74, 6) is -2.63. The van der Waals surface area contributed by atoms with Gasteiger partial charge < -0.3 is 0 Å². The number of benzene rings is 5. The molecule has 1 heterocycles. The fraction of sp³-hybridized carbons (Fsp3) is 0.167. The normalized spacial score (nSPS) is 25.0. The van der Waals surface area contributed by atoms with Crippen molar-refractivity contribution >= 4 is 34.4 Å². The first-order chi connectivity index (χ1) is 22.3. The van der Waals surface area contributed by atoms with Gasteiger partial charge in [0.25, 0.3) is 0 Å². The summed E-state index contributed by atoms with van der Waals surface area (Å²) in [6.45, 7) is 6.03. The fourth-order valence-electron chi connectivity index (χ4n) is 8.59. The maximum Gasteiger partial charge on any atom is 0.239 e. The van der Waals surface area contributed by atoms with Crippen molar-refractivity contribution in [1.82, 2.24) is 0 Å². The van der Waals surface area contributed by atoms with Crippen molar-refractivity contribution in [2.75, 3.05) is 4.90 Å². The van der Waals surface area contributed by atoms with Crippen LogP contribution in [-0.2, 0) is 25.2 Å². The van der Waals surface area contributed by atoms with Crippen molar-refractivity contribution in [2.45, 2.75) is 31.6 Å². The van der Waals surface area contributed by atoms with Crippen molar-refractivity contribution < 1.29 is 14.4 Å². The molecule has 0 radical (unpaired) electrons. The number of imide groups is 1. The van der Waals surface area contributed by atoms with E-state index in [-0.39, 0.29) is 17.6 Å². The van der Waals surface area contributed by atoms with Crippen LogP contribution in [0.25, 0.3) is 11.1 Å². The Morgan fingerprint density at radius 3 is 1.33 bits per heavy atom. The molecular formula is C42H33NO3. The van der Waals surface area contributed by atoms with E-state index < -0.39 is 22.7 Å². The lowest BCUT2D eigenvalue weighted by Gasteiger charge is -2.39. The van der Waals surface area contributed by atoms with Crippen molar-refractivity contribution in [1.29, 1.82) is 0 Å². The van der Waals surface area contributed by atoms with Gasteiger partial charge in [0, 0.05) is 0 Å².